The van der Waals surface area contributed by atoms with Gasteiger partial charge >= 0.3 is 0 Å². The molecular weight excluding hydrogens is 214 g/mol. The lowest BCUT2D eigenvalue weighted by atomic mass is 10.1. The highest BCUT2D eigenvalue weighted by molar-refractivity contribution is 5.71. The Morgan fingerprint density at radius 1 is 1.12 bits per heavy atom. The van der Waals surface area contributed by atoms with Gasteiger partial charge in [-0.2, -0.15) is 4.98 Å². The maximum atomic E-state index is 5.56. The first kappa shape index (κ1) is 9.77. The molecule has 0 atom stereocenters. The third-order valence-electron chi connectivity index (χ3n) is 2.51. The second kappa shape index (κ2) is 3.86. The van der Waals surface area contributed by atoms with Crippen LogP contribution in [-0.2, 0) is 6.42 Å². The lowest BCUT2D eigenvalue weighted by Crippen LogP contribution is -1.96. The average molecular weight is 225 g/mol. The number of fused-ring (bicyclic) bond motifs is 1. The van der Waals surface area contributed by atoms with Gasteiger partial charge in [0.15, 0.2) is 11.6 Å². The monoisotopic (exact) mass is 225 g/mol. The number of hydrogen-bond acceptors (Lipinski definition) is 4. The summed E-state index contributed by atoms with van der Waals surface area (Å²) < 4.78 is 0. The van der Waals surface area contributed by atoms with Crippen LogP contribution in [0, 0.1) is 0 Å². The van der Waals surface area contributed by atoms with E-state index in [9.17, 15) is 0 Å². The SMILES string of the molecule is Nc1nc2nc(Cc3ccccc3)ncc2[nH]1. The lowest BCUT2D eigenvalue weighted by molar-refractivity contribution is 0.986. The summed E-state index contributed by atoms with van der Waals surface area (Å²) in [5.41, 5.74) is 8.11. The molecule has 5 heteroatoms. The van der Waals surface area contributed by atoms with Crippen molar-refractivity contribution in [1.82, 2.24) is 19.9 Å². The fraction of sp³-hybridized carbons (Fsp3) is 0.0833. The van der Waals surface area contributed by atoms with Gasteiger partial charge in [0.05, 0.1) is 6.20 Å². The van der Waals surface area contributed by atoms with E-state index in [0.29, 0.717) is 18.0 Å². The molecule has 0 bridgehead atoms. The molecule has 2 aromatic heterocycles. The normalized spacial score (nSPS) is 10.8. The molecule has 0 radical (unpaired) electrons. The van der Waals surface area contributed by atoms with Crippen LogP contribution >= 0.6 is 0 Å². The number of nitrogen functional groups attached to an aromatic ring is 1. The number of aromatic nitrogens is 4. The highest BCUT2D eigenvalue weighted by Crippen LogP contribution is 2.11. The molecule has 5 nitrogen and oxygen atoms in total. The van der Waals surface area contributed by atoms with Crippen LogP contribution in [0.25, 0.3) is 11.2 Å². The van der Waals surface area contributed by atoms with Crippen LogP contribution in [0.3, 0.4) is 0 Å². The van der Waals surface area contributed by atoms with Crippen LogP contribution in [0.5, 0.6) is 0 Å². The van der Waals surface area contributed by atoms with Gasteiger partial charge in [0.2, 0.25) is 0 Å². The Balaban J connectivity index is 1.95. The van der Waals surface area contributed by atoms with Crippen molar-refractivity contribution < 1.29 is 0 Å². The van der Waals surface area contributed by atoms with Crippen molar-refractivity contribution in [2.45, 2.75) is 6.42 Å². The summed E-state index contributed by atoms with van der Waals surface area (Å²) in [6.45, 7) is 0. The van der Waals surface area contributed by atoms with Crippen molar-refractivity contribution in [2.75, 3.05) is 5.73 Å². The minimum atomic E-state index is 0.367. The van der Waals surface area contributed by atoms with Gasteiger partial charge in [-0.1, -0.05) is 30.3 Å². The van der Waals surface area contributed by atoms with Crippen LogP contribution in [0.1, 0.15) is 11.4 Å². The van der Waals surface area contributed by atoms with E-state index in [1.165, 1.54) is 5.56 Å². The molecule has 1 aromatic carbocycles. The van der Waals surface area contributed by atoms with E-state index in [2.05, 4.69) is 19.9 Å². The molecule has 0 unspecified atom stereocenters. The summed E-state index contributed by atoms with van der Waals surface area (Å²) >= 11 is 0. The quantitative estimate of drug-likeness (QED) is 0.693. The zero-order chi connectivity index (χ0) is 11.7. The number of nitrogens with one attached hydrogen (secondary N) is 1. The van der Waals surface area contributed by atoms with Crippen molar-refractivity contribution in [3.63, 3.8) is 0 Å². The molecule has 0 aliphatic heterocycles. The van der Waals surface area contributed by atoms with Gasteiger partial charge in [-0.25, -0.2) is 9.97 Å². The van der Waals surface area contributed by atoms with Gasteiger partial charge in [-0.15, -0.1) is 0 Å². The molecule has 0 saturated heterocycles. The van der Waals surface area contributed by atoms with Crippen LogP contribution < -0.4 is 5.73 Å². The van der Waals surface area contributed by atoms with Crippen LogP contribution in [0.2, 0.25) is 0 Å². The average Bonchev–Trinajstić information content (AvgIpc) is 2.70. The maximum absolute atomic E-state index is 5.56. The van der Waals surface area contributed by atoms with E-state index >= 15 is 0 Å². The highest BCUT2D eigenvalue weighted by Gasteiger charge is 2.04. The summed E-state index contributed by atoms with van der Waals surface area (Å²) in [7, 11) is 0. The first-order valence-corrected chi connectivity index (χ1v) is 5.32. The molecule has 3 N–H and O–H groups in total. The molecule has 3 aromatic rings. The van der Waals surface area contributed by atoms with E-state index in [0.717, 1.165) is 11.3 Å². The number of rotatable bonds is 2. The molecule has 0 saturated carbocycles. The number of anilines is 1. The maximum Gasteiger partial charge on any atom is 0.200 e. The Kier molecular flexibility index (Phi) is 2.22. The van der Waals surface area contributed by atoms with E-state index < -0.39 is 0 Å². The topological polar surface area (TPSA) is 80.5 Å². The largest absolute Gasteiger partial charge is 0.369 e. The van der Waals surface area contributed by atoms with Crippen molar-refractivity contribution in [2.24, 2.45) is 0 Å². The molecular formula is C12H11N5. The third-order valence-corrected chi connectivity index (χ3v) is 2.51. The number of benzene rings is 1. The summed E-state index contributed by atoms with van der Waals surface area (Å²) in [5.74, 6) is 1.11. The van der Waals surface area contributed by atoms with Crippen LogP contribution in [-0.4, -0.2) is 19.9 Å². The van der Waals surface area contributed by atoms with E-state index in [1.807, 2.05) is 30.3 Å². The van der Waals surface area contributed by atoms with Gasteiger partial charge in [0.25, 0.3) is 0 Å². The fourth-order valence-corrected chi connectivity index (χ4v) is 1.73. The second-order valence-corrected chi connectivity index (χ2v) is 3.81. The molecule has 2 heterocycles. The Morgan fingerprint density at radius 3 is 2.76 bits per heavy atom. The highest BCUT2D eigenvalue weighted by atomic mass is 15.1. The van der Waals surface area contributed by atoms with Gasteiger partial charge in [0.1, 0.15) is 11.3 Å². The molecule has 0 aliphatic carbocycles. The first-order valence-electron chi connectivity index (χ1n) is 5.32. The Bertz CT molecular complexity index is 644. The fourth-order valence-electron chi connectivity index (χ4n) is 1.73. The number of nitrogens with zero attached hydrogens (tertiary/aromatic N) is 3. The molecule has 0 amide bonds. The molecule has 17 heavy (non-hydrogen) atoms. The number of hydrogen-bond donors (Lipinski definition) is 2. The summed E-state index contributed by atoms with van der Waals surface area (Å²) in [6.07, 6.45) is 2.41. The van der Waals surface area contributed by atoms with E-state index in [1.54, 1.807) is 6.20 Å². The molecule has 84 valence electrons. The Hall–Kier alpha value is -2.43. The minimum Gasteiger partial charge on any atom is -0.369 e. The Labute approximate surface area is 97.7 Å². The number of aromatic amines is 1. The third kappa shape index (κ3) is 1.94. The minimum absolute atomic E-state index is 0.367. The molecule has 0 aliphatic rings. The smallest absolute Gasteiger partial charge is 0.200 e. The van der Waals surface area contributed by atoms with Crippen LogP contribution in [0.4, 0.5) is 5.95 Å². The Morgan fingerprint density at radius 2 is 1.94 bits per heavy atom. The van der Waals surface area contributed by atoms with Crippen molar-refractivity contribution in [3.05, 3.63) is 47.9 Å². The van der Waals surface area contributed by atoms with Crippen molar-refractivity contribution >= 4 is 17.1 Å². The zero-order valence-electron chi connectivity index (χ0n) is 9.09. The second-order valence-electron chi connectivity index (χ2n) is 3.81. The molecule has 3 rings (SSSR count). The zero-order valence-corrected chi connectivity index (χ0v) is 9.09. The van der Waals surface area contributed by atoms with Crippen molar-refractivity contribution in [1.29, 1.82) is 0 Å². The number of nitrogens with two attached hydrogens (primary N) is 1. The van der Waals surface area contributed by atoms with Crippen LogP contribution in [0.15, 0.2) is 36.5 Å². The van der Waals surface area contributed by atoms with Gasteiger partial charge in [-0.3, -0.25) is 0 Å². The van der Waals surface area contributed by atoms with Crippen molar-refractivity contribution in [3.8, 4) is 0 Å². The van der Waals surface area contributed by atoms with Gasteiger partial charge < -0.3 is 10.7 Å². The summed E-state index contributed by atoms with van der Waals surface area (Å²) in [5, 5.41) is 0. The predicted molar refractivity (Wildman–Crippen MR) is 65.3 cm³/mol. The van der Waals surface area contributed by atoms with Gasteiger partial charge in [-0.05, 0) is 5.56 Å². The standard InChI is InChI=1S/C12H11N5/c13-12-15-9-7-14-10(16-11(9)17-12)6-8-4-2-1-3-5-8/h1-5,7H,6H2,(H3,13,14,15,16,17). The first-order chi connectivity index (χ1) is 8.31. The molecule has 0 spiro atoms. The lowest BCUT2D eigenvalue weighted by Gasteiger charge is -1.99. The summed E-state index contributed by atoms with van der Waals surface area (Å²) in [6, 6.07) is 10.1. The van der Waals surface area contributed by atoms with E-state index in [4.69, 9.17) is 5.73 Å². The number of H-pyrrole nitrogens is 1. The number of imidazole rings is 1. The van der Waals surface area contributed by atoms with E-state index in [-0.39, 0.29) is 0 Å². The molecule has 0 fully saturated rings. The predicted octanol–water partition coefficient (Wildman–Crippen LogP) is 1.53. The van der Waals surface area contributed by atoms with Gasteiger partial charge in [0, 0.05) is 6.42 Å². The summed E-state index contributed by atoms with van der Waals surface area (Å²) in [4.78, 5) is 15.6.